The Bertz CT molecular complexity index is 443. The number of nitrogens with two attached hydrogens (primary N) is 1. The van der Waals surface area contributed by atoms with Crippen molar-refractivity contribution in [1.29, 1.82) is 0 Å². The van der Waals surface area contributed by atoms with Gasteiger partial charge in [-0.1, -0.05) is 30.3 Å². The highest BCUT2D eigenvalue weighted by Crippen LogP contribution is 2.19. The summed E-state index contributed by atoms with van der Waals surface area (Å²) in [4.78, 5) is 23.9. The van der Waals surface area contributed by atoms with Crippen molar-refractivity contribution in [3.8, 4) is 0 Å². The van der Waals surface area contributed by atoms with Gasteiger partial charge in [0.2, 0.25) is 5.91 Å². The van der Waals surface area contributed by atoms with Crippen LogP contribution in [0.5, 0.6) is 0 Å². The smallest absolute Gasteiger partial charge is 0.333 e. The van der Waals surface area contributed by atoms with Gasteiger partial charge in [-0.2, -0.15) is 0 Å². The number of hydrogen-bond donors (Lipinski definition) is 2. The summed E-state index contributed by atoms with van der Waals surface area (Å²) in [6, 6.07) is 8.14. The molecule has 0 fully saturated rings. The Morgan fingerprint density at radius 2 is 1.89 bits per heavy atom. The molecule has 0 aliphatic heterocycles. The van der Waals surface area contributed by atoms with Crippen molar-refractivity contribution in [3.05, 3.63) is 35.9 Å². The fraction of sp³-hybridized carbons (Fsp3) is 0.429. The summed E-state index contributed by atoms with van der Waals surface area (Å²) in [6.45, 7) is 3.64. The Morgan fingerprint density at radius 3 is 2.37 bits per heavy atom. The van der Waals surface area contributed by atoms with Gasteiger partial charge in [-0.3, -0.25) is 4.79 Å². The molecule has 104 valence electrons. The van der Waals surface area contributed by atoms with Crippen LogP contribution in [0, 0.1) is 5.41 Å². The molecule has 1 unspecified atom stereocenters. The third-order valence-corrected chi connectivity index (χ3v) is 2.97. The molecular weight excluding hydrogens is 244 g/mol. The minimum atomic E-state index is -0.815. The van der Waals surface area contributed by atoms with Crippen LogP contribution in [0.15, 0.2) is 30.3 Å². The minimum Gasteiger partial charge on any atom is -0.467 e. The van der Waals surface area contributed by atoms with E-state index in [1.165, 1.54) is 7.11 Å². The molecule has 0 aliphatic carbocycles. The van der Waals surface area contributed by atoms with Gasteiger partial charge in [-0.15, -0.1) is 0 Å². The van der Waals surface area contributed by atoms with E-state index in [0.29, 0.717) is 5.56 Å². The van der Waals surface area contributed by atoms with Crippen molar-refractivity contribution < 1.29 is 14.3 Å². The molecule has 0 saturated carbocycles. The van der Waals surface area contributed by atoms with Crippen LogP contribution in [0.3, 0.4) is 0 Å². The number of carbonyl (C=O) groups is 2. The van der Waals surface area contributed by atoms with Crippen LogP contribution in [0.2, 0.25) is 0 Å². The number of hydrogen-bond acceptors (Lipinski definition) is 4. The largest absolute Gasteiger partial charge is 0.467 e. The van der Waals surface area contributed by atoms with Crippen molar-refractivity contribution in [1.82, 2.24) is 5.32 Å². The lowest BCUT2D eigenvalue weighted by Gasteiger charge is -2.25. The first-order valence-corrected chi connectivity index (χ1v) is 6.06. The predicted octanol–water partition coefficient (Wildman–Crippen LogP) is 1.00. The molecular formula is C14H20N2O3. The summed E-state index contributed by atoms with van der Waals surface area (Å²) < 4.78 is 4.73. The van der Waals surface area contributed by atoms with Gasteiger partial charge >= 0.3 is 5.97 Å². The average molecular weight is 264 g/mol. The number of amides is 1. The fourth-order valence-electron chi connectivity index (χ4n) is 1.46. The maximum atomic E-state index is 12.1. The Kier molecular flexibility index (Phi) is 5.06. The van der Waals surface area contributed by atoms with E-state index < -0.39 is 17.4 Å². The minimum absolute atomic E-state index is 0.196. The molecule has 5 heteroatoms. The first-order valence-electron chi connectivity index (χ1n) is 6.06. The topological polar surface area (TPSA) is 81.4 Å². The molecule has 1 rings (SSSR count). The molecule has 0 aliphatic rings. The van der Waals surface area contributed by atoms with E-state index in [0.717, 1.165) is 0 Å². The van der Waals surface area contributed by atoms with Gasteiger partial charge < -0.3 is 15.8 Å². The van der Waals surface area contributed by atoms with Crippen molar-refractivity contribution in [2.24, 2.45) is 11.1 Å². The second kappa shape index (κ2) is 6.33. The van der Waals surface area contributed by atoms with E-state index in [9.17, 15) is 9.59 Å². The number of benzene rings is 1. The summed E-state index contributed by atoms with van der Waals surface area (Å²) in [6.07, 6.45) is 0. The number of ether oxygens (including phenoxy) is 1. The summed E-state index contributed by atoms with van der Waals surface area (Å²) in [7, 11) is 1.29. The predicted molar refractivity (Wildman–Crippen MR) is 72.2 cm³/mol. The molecule has 5 nitrogen and oxygen atoms in total. The second-order valence-electron chi connectivity index (χ2n) is 4.93. The van der Waals surface area contributed by atoms with Gasteiger partial charge in [0.1, 0.15) is 0 Å². The summed E-state index contributed by atoms with van der Waals surface area (Å²) in [5.74, 6) is -0.790. The average Bonchev–Trinajstić information content (AvgIpc) is 2.44. The number of carbonyl (C=O) groups excluding carboxylic acids is 2. The first kappa shape index (κ1) is 15.2. The van der Waals surface area contributed by atoms with E-state index in [1.54, 1.807) is 38.1 Å². The standard InChI is InChI=1S/C14H20N2O3/c1-14(2,9-15)13(18)16-11(12(17)19-3)10-7-5-4-6-8-10/h4-8,11H,9,15H2,1-3H3,(H,16,18). The van der Waals surface area contributed by atoms with Gasteiger partial charge in [0.05, 0.1) is 12.5 Å². The summed E-state index contributed by atoms with van der Waals surface area (Å²) >= 11 is 0. The Hall–Kier alpha value is -1.88. The highest BCUT2D eigenvalue weighted by atomic mass is 16.5. The normalized spacial score (nSPS) is 12.6. The third-order valence-electron chi connectivity index (χ3n) is 2.97. The molecule has 1 aromatic carbocycles. The lowest BCUT2D eigenvalue weighted by atomic mass is 9.92. The van der Waals surface area contributed by atoms with E-state index in [4.69, 9.17) is 10.5 Å². The molecule has 3 N–H and O–H groups in total. The molecule has 0 aromatic heterocycles. The molecule has 0 radical (unpaired) electrons. The van der Waals surface area contributed by atoms with Crippen LogP contribution in [-0.4, -0.2) is 25.5 Å². The highest BCUT2D eigenvalue weighted by molar-refractivity contribution is 5.88. The maximum Gasteiger partial charge on any atom is 0.333 e. The number of esters is 1. The van der Waals surface area contributed by atoms with Crippen molar-refractivity contribution in [2.75, 3.05) is 13.7 Å². The van der Waals surface area contributed by atoms with E-state index >= 15 is 0 Å². The Balaban J connectivity index is 2.95. The quantitative estimate of drug-likeness (QED) is 0.777. The zero-order valence-corrected chi connectivity index (χ0v) is 11.5. The number of nitrogens with one attached hydrogen (secondary N) is 1. The summed E-state index contributed by atoms with van der Waals surface area (Å²) in [5, 5.41) is 2.68. The molecule has 1 atom stereocenters. The van der Waals surface area contributed by atoms with Crippen LogP contribution < -0.4 is 11.1 Å². The van der Waals surface area contributed by atoms with Gasteiger partial charge in [-0.05, 0) is 19.4 Å². The molecule has 0 bridgehead atoms. The second-order valence-corrected chi connectivity index (χ2v) is 4.93. The number of methoxy groups -OCH3 is 1. The van der Waals surface area contributed by atoms with Crippen molar-refractivity contribution in [2.45, 2.75) is 19.9 Å². The van der Waals surface area contributed by atoms with Crippen LogP contribution in [0.4, 0.5) is 0 Å². The lowest BCUT2D eigenvalue weighted by Crippen LogP contribution is -2.45. The molecule has 1 amide bonds. The van der Waals surface area contributed by atoms with Gasteiger partial charge in [0.15, 0.2) is 6.04 Å². The Labute approximate surface area is 113 Å². The molecule has 0 saturated heterocycles. The highest BCUT2D eigenvalue weighted by Gasteiger charge is 2.31. The lowest BCUT2D eigenvalue weighted by molar-refractivity contribution is -0.146. The van der Waals surface area contributed by atoms with E-state index in [1.807, 2.05) is 6.07 Å². The fourth-order valence-corrected chi connectivity index (χ4v) is 1.46. The molecule has 19 heavy (non-hydrogen) atoms. The van der Waals surface area contributed by atoms with Gasteiger partial charge in [0.25, 0.3) is 0 Å². The van der Waals surface area contributed by atoms with E-state index in [-0.39, 0.29) is 12.5 Å². The third kappa shape index (κ3) is 3.79. The van der Waals surface area contributed by atoms with Crippen LogP contribution in [-0.2, 0) is 14.3 Å². The maximum absolute atomic E-state index is 12.1. The Morgan fingerprint density at radius 1 is 1.32 bits per heavy atom. The van der Waals surface area contributed by atoms with Gasteiger partial charge in [-0.25, -0.2) is 4.79 Å². The first-order chi connectivity index (χ1) is 8.92. The monoisotopic (exact) mass is 264 g/mol. The van der Waals surface area contributed by atoms with Crippen LogP contribution in [0.1, 0.15) is 25.5 Å². The number of rotatable bonds is 5. The van der Waals surface area contributed by atoms with Gasteiger partial charge in [0, 0.05) is 6.54 Å². The molecule has 0 heterocycles. The van der Waals surface area contributed by atoms with Crippen molar-refractivity contribution >= 4 is 11.9 Å². The SMILES string of the molecule is COC(=O)C(NC(=O)C(C)(C)CN)c1ccccc1. The van der Waals surface area contributed by atoms with E-state index in [2.05, 4.69) is 5.32 Å². The molecule has 1 aromatic rings. The van der Waals surface area contributed by atoms with Crippen LogP contribution >= 0.6 is 0 Å². The summed E-state index contributed by atoms with van der Waals surface area (Å²) in [5.41, 5.74) is 5.49. The zero-order valence-electron chi connectivity index (χ0n) is 11.5. The van der Waals surface area contributed by atoms with Crippen LogP contribution in [0.25, 0.3) is 0 Å². The van der Waals surface area contributed by atoms with Crippen molar-refractivity contribution in [3.63, 3.8) is 0 Å². The zero-order chi connectivity index (χ0) is 14.5. The molecule has 0 spiro atoms.